The van der Waals surface area contributed by atoms with Crippen LogP contribution in [0.4, 0.5) is 10.5 Å². The Morgan fingerprint density at radius 3 is 2.48 bits per heavy atom. The lowest BCUT2D eigenvalue weighted by atomic mass is 9.90. The van der Waals surface area contributed by atoms with Gasteiger partial charge < -0.3 is 14.4 Å². The van der Waals surface area contributed by atoms with Crippen molar-refractivity contribution in [3.63, 3.8) is 0 Å². The molecule has 0 radical (unpaired) electrons. The predicted molar refractivity (Wildman–Crippen MR) is 89.4 cm³/mol. The Morgan fingerprint density at radius 1 is 1.32 bits per heavy atom. The average molecular weight is 350 g/mol. The van der Waals surface area contributed by atoms with Crippen molar-refractivity contribution in [3.8, 4) is 0 Å². The van der Waals surface area contributed by atoms with Crippen molar-refractivity contribution in [2.45, 2.75) is 38.7 Å². The van der Waals surface area contributed by atoms with Crippen LogP contribution < -0.4 is 0 Å². The zero-order valence-corrected chi connectivity index (χ0v) is 14.8. The van der Waals surface area contributed by atoms with Gasteiger partial charge in [-0.05, 0) is 32.4 Å². The highest BCUT2D eigenvalue weighted by molar-refractivity contribution is 5.74. The molecular weight excluding hydrogens is 328 g/mol. The zero-order chi connectivity index (χ0) is 18.8. The quantitative estimate of drug-likeness (QED) is 0.470. The average Bonchev–Trinajstić information content (AvgIpc) is 2.43. The van der Waals surface area contributed by atoms with E-state index >= 15 is 0 Å². The molecule has 1 aliphatic heterocycles. The van der Waals surface area contributed by atoms with Crippen molar-refractivity contribution >= 4 is 17.7 Å². The van der Waals surface area contributed by atoms with Crippen LogP contribution in [-0.4, -0.2) is 47.7 Å². The number of methoxy groups -OCH3 is 1. The van der Waals surface area contributed by atoms with Gasteiger partial charge in [-0.25, -0.2) is 4.79 Å². The van der Waals surface area contributed by atoms with Crippen LogP contribution in [0.15, 0.2) is 18.2 Å². The van der Waals surface area contributed by atoms with Crippen molar-refractivity contribution in [3.05, 3.63) is 39.4 Å². The molecule has 0 N–H and O–H groups in total. The minimum atomic E-state index is -0.552. The molecule has 0 bridgehead atoms. The number of rotatable bonds is 4. The first-order valence-electron chi connectivity index (χ1n) is 7.92. The summed E-state index contributed by atoms with van der Waals surface area (Å²) in [7, 11) is 1.24. The number of nitro benzene ring substituents is 1. The fraction of sp³-hybridized carbons (Fsp3) is 0.529. The van der Waals surface area contributed by atoms with E-state index in [-0.39, 0.29) is 24.1 Å². The maximum absolute atomic E-state index is 12.0. The first-order chi connectivity index (χ1) is 11.6. The Bertz CT molecular complexity index is 689. The maximum Gasteiger partial charge on any atom is 0.410 e. The van der Waals surface area contributed by atoms with Crippen molar-refractivity contribution < 1.29 is 24.0 Å². The van der Waals surface area contributed by atoms with Gasteiger partial charge in [0.25, 0.3) is 5.69 Å². The SMILES string of the molecule is COC(=O)Cc1cc(C2CN(C(=O)OC(C)(C)C)C2)ccc1[N+](=O)[O-]. The normalized spacial score (nSPS) is 14.6. The third-order valence-electron chi connectivity index (χ3n) is 3.87. The van der Waals surface area contributed by atoms with Gasteiger partial charge in [-0.3, -0.25) is 14.9 Å². The van der Waals surface area contributed by atoms with E-state index in [1.165, 1.54) is 13.2 Å². The smallest absolute Gasteiger partial charge is 0.410 e. The van der Waals surface area contributed by atoms with E-state index in [0.29, 0.717) is 18.7 Å². The van der Waals surface area contributed by atoms with Gasteiger partial charge in [0, 0.05) is 30.6 Å². The molecule has 0 aliphatic carbocycles. The number of likely N-dealkylation sites (tertiary alicyclic amines) is 1. The molecule has 8 heteroatoms. The Labute approximate surface area is 145 Å². The second-order valence-electron chi connectivity index (χ2n) is 6.98. The van der Waals surface area contributed by atoms with Crippen LogP contribution in [0.3, 0.4) is 0 Å². The Morgan fingerprint density at radius 2 is 1.96 bits per heavy atom. The summed E-state index contributed by atoms with van der Waals surface area (Å²) in [5.74, 6) is -0.478. The molecule has 25 heavy (non-hydrogen) atoms. The lowest BCUT2D eigenvalue weighted by molar-refractivity contribution is -0.385. The third kappa shape index (κ3) is 4.68. The molecule has 1 fully saturated rings. The first kappa shape index (κ1) is 18.7. The van der Waals surface area contributed by atoms with Gasteiger partial charge in [-0.1, -0.05) is 6.07 Å². The van der Waals surface area contributed by atoms with Gasteiger partial charge in [-0.2, -0.15) is 0 Å². The predicted octanol–water partition coefficient (Wildman–Crippen LogP) is 2.64. The highest BCUT2D eigenvalue weighted by Gasteiger charge is 2.35. The number of ether oxygens (including phenoxy) is 2. The number of esters is 1. The van der Waals surface area contributed by atoms with Crippen LogP contribution in [0.25, 0.3) is 0 Å². The number of hydrogen-bond donors (Lipinski definition) is 0. The van der Waals surface area contributed by atoms with Crippen LogP contribution >= 0.6 is 0 Å². The lowest BCUT2D eigenvalue weighted by Crippen LogP contribution is -2.50. The molecule has 2 rings (SSSR count). The summed E-state index contributed by atoms with van der Waals surface area (Å²) < 4.78 is 9.90. The van der Waals surface area contributed by atoms with Gasteiger partial charge in [-0.15, -0.1) is 0 Å². The van der Waals surface area contributed by atoms with Gasteiger partial charge in [0.15, 0.2) is 0 Å². The molecule has 0 unspecified atom stereocenters. The second-order valence-corrected chi connectivity index (χ2v) is 6.98. The van der Waals surface area contributed by atoms with E-state index in [1.807, 2.05) is 0 Å². The standard InChI is InChI=1S/C17H22N2O6/c1-17(2,3)25-16(21)18-9-13(10-18)11-5-6-14(19(22)23)12(7-11)8-15(20)24-4/h5-7,13H,8-10H2,1-4H3. The fourth-order valence-electron chi connectivity index (χ4n) is 2.57. The molecule has 1 aromatic rings. The molecule has 136 valence electrons. The van der Waals surface area contributed by atoms with E-state index in [1.54, 1.807) is 37.8 Å². The van der Waals surface area contributed by atoms with Crippen molar-refractivity contribution in [2.75, 3.05) is 20.2 Å². The van der Waals surface area contributed by atoms with E-state index in [4.69, 9.17) is 4.74 Å². The number of nitro groups is 1. The van der Waals surface area contributed by atoms with Gasteiger partial charge in [0.1, 0.15) is 5.60 Å². The highest BCUT2D eigenvalue weighted by atomic mass is 16.6. The molecular formula is C17H22N2O6. The van der Waals surface area contributed by atoms with Crippen molar-refractivity contribution in [1.82, 2.24) is 4.90 Å². The van der Waals surface area contributed by atoms with Gasteiger partial charge in [0.05, 0.1) is 18.5 Å². The molecule has 0 saturated carbocycles. The largest absolute Gasteiger partial charge is 0.469 e. The molecule has 0 atom stereocenters. The summed E-state index contributed by atoms with van der Waals surface area (Å²) in [6.07, 6.45) is -0.538. The summed E-state index contributed by atoms with van der Waals surface area (Å²) in [6, 6.07) is 4.70. The zero-order valence-electron chi connectivity index (χ0n) is 14.8. The lowest BCUT2D eigenvalue weighted by Gasteiger charge is -2.40. The van der Waals surface area contributed by atoms with Crippen LogP contribution in [0.1, 0.15) is 37.8 Å². The highest BCUT2D eigenvalue weighted by Crippen LogP contribution is 2.31. The Kier molecular flexibility index (Phi) is 5.30. The summed E-state index contributed by atoms with van der Waals surface area (Å²) >= 11 is 0. The number of nitrogens with zero attached hydrogens (tertiary/aromatic N) is 2. The van der Waals surface area contributed by atoms with Crippen LogP contribution in [0, 0.1) is 10.1 Å². The van der Waals surface area contributed by atoms with Gasteiger partial charge >= 0.3 is 12.1 Å². The first-order valence-corrected chi connectivity index (χ1v) is 7.92. The minimum absolute atomic E-state index is 0.0599. The van der Waals surface area contributed by atoms with Crippen molar-refractivity contribution in [1.29, 1.82) is 0 Å². The molecule has 0 spiro atoms. The van der Waals surface area contributed by atoms with Crippen LogP contribution in [0.2, 0.25) is 0 Å². The van der Waals surface area contributed by atoms with E-state index < -0.39 is 16.5 Å². The fourth-order valence-corrected chi connectivity index (χ4v) is 2.57. The number of benzene rings is 1. The third-order valence-corrected chi connectivity index (χ3v) is 3.87. The molecule has 1 amide bonds. The molecule has 1 aromatic carbocycles. The molecule has 8 nitrogen and oxygen atoms in total. The van der Waals surface area contributed by atoms with Crippen LogP contribution in [0.5, 0.6) is 0 Å². The summed E-state index contributed by atoms with van der Waals surface area (Å²) in [6.45, 7) is 6.36. The molecule has 0 aromatic heterocycles. The summed E-state index contributed by atoms with van der Waals surface area (Å²) in [4.78, 5) is 35.6. The van der Waals surface area contributed by atoms with E-state index in [9.17, 15) is 19.7 Å². The van der Waals surface area contributed by atoms with E-state index in [0.717, 1.165) is 5.56 Å². The van der Waals surface area contributed by atoms with Crippen molar-refractivity contribution in [2.24, 2.45) is 0 Å². The topological polar surface area (TPSA) is 99.0 Å². The van der Waals surface area contributed by atoms with Crippen LogP contribution in [-0.2, 0) is 20.7 Å². The maximum atomic E-state index is 12.0. The molecule has 1 saturated heterocycles. The number of carbonyl (C=O) groups is 2. The molecule has 1 heterocycles. The number of carbonyl (C=O) groups excluding carboxylic acids is 2. The number of hydrogen-bond acceptors (Lipinski definition) is 6. The molecule has 1 aliphatic rings. The summed E-state index contributed by atoms with van der Waals surface area (Å²) in [5, 5.41) is 11.1. The number of amides is 1. The van der Waals surface area contributed by atoms with Gasteiger partial charge in [0.2, 0.25) is 0 Å². The Balaban J connectivity index is 2.09. The minimum Gasteiger partial charge on any atom is -0.469 e. The summed E-state index contributed by atoms with van der Waals surface area (Å²) in [5.41, 5.74) is 0.496. The van der Waals surface area contributed by atoms with E-state index in [2.05, 4.69) is 4.74 Å². The second kappa shape index (κ2) is 7.08. The monoisotopic (exact) mass is 350 g/mol. The Hall–Kier alpha value is -2.64.